The smallest absolute Gasteiger partial charge is 0.257 e. The number of hydrogen-bond donors (Lipinski definition) is 1. The molecule has 2 heterocycles. The Kier molecular flexibility index (Phi) is 4.82. The van der Waals surface area contributed by atoms with Crippen molar-refractivity contribution < 1.29 is 4.79 Å². The summed E-state index contributed by atoms with van der Waals surface area (Å²) >= 11 is 0. The molecule has 4 rings (SSSR count). The van der Waals surface area contributed by atoms with Crippen LogP contribution in [0.2, 0.25) is 0 Å². The topological polar surface area (TPSA) is 65.5 Å². The number of carbonyl (C=O) groups is 1. The number of amides is 1. The van der Waals surface area contributed by atoms with Crippen molar-refractivity contribution in [1.29, 1.82) is 0 Å². The average molecular weight is 387 g/mol. The third-order valence-electron chi connectivity index (χ3n) is 5.72. The Morgan fingerprint density at radius 3 is 2.55 bits per heavy atom. The van der Waals surface area contributed by atoms with Crippen LogP contribution in [0.3, 0.4) is 0 Å². The van der Waals surface area contributed by atoms with Crippen molar-refractivity contribution in [1.82, 2.24) is 9.99 Å². The number of aromatic amines is 1. The third-order valence-corrected chi connectivity index (χ3v) is 5.72. The van der Waals surface area contributed by atoms with Crippen molar-refractivity contribution in [3.05, 3.63) is 80.6 Å². The Bertz CT molecular complexity index is 1190. The van der Waals surface area contributed by atoms with E-state index in [-0.39, 0.29) is 17.5 Å². The lowest BCUT2D eigenvalue weighted by Gasteiger charge is -2.21. The predicted molar refractivity (Wildman–Crippen MR) is 116 cm³/mol. The number of fused-ring (bicyclic) bond motifs is 1. The Balaban J connectivity index is 1.85. The molecule has 0 fully saturated rings. The highest BCUT2D eigenvalue weighted by atomic mass is 16.2. The predicted octanol–water partition coefficient (Wildman–Crippen LogP) is 4.54. The lowest BCUT2D eigenvalue weighted by atomic mass is 9.94. The molecule has 1 aliphatic rings. The summed E-state index contributed by atoms with van der Waals surface area (Å²) in [6.07, 6.45) is 0.890. The van der Waals surface area contributed by atoms with Gasteiger partial charge in [-0.2, -0.15) is 5.10 Å². The Morgan fingerprint density at radius 1 is 1.14 bits per heavy atom. The van der Waals surface area contributed by atoms with Gasteiger partial charge in [-0.25, -0.2) is 5.01 Å². The van der Waals surface area contributed by atoms with Crippen LogP contribution >= 0.6 is 0 Å². The molecule has 1 aliphatic heterocycles. The molecule has 5 heteroatoms. The third kappa shape index (κ3) is 3.27. The molecule has 1 unspecified atom stereocenters. The summed E-state index contributed by atoms with van der Waals surface area (Å²) in [5.41, 5.74) is 6.12. The molecule has 1 N–H and O–H groups in total. The van der Waals surface area contributed by atoms with Crippen LogP contribution in [0.1, 0.15) is 53.6 Å². The van der Waals surface area contributed by atoms with E-state index in [4.69, 9.17) is 0 Å². The lowest BCUT2D eigenvalue weighted by Crippen LogP contribution is -2.26. The zero-order chi connectivity index (χ0) is 20.7. The van der Waals surface area contributed by atoms with E-state index in [0.717, 1.165) is 27.6 Å². The molecule has 0 radical (unpaired) electrons. The first-order valence-electron chi connectivity index (χ1n) is 9.99. The second-order valence-electron chi connectivity index (χ2n) is 7.72. The first-order chi connectivity index (χ1) is 13.9. The maximum Gasteiger partial charge on any atom is 0.257 e. The van der Waals surface area contributed by atoms with Crippen LogP contribution in [-0.2, 0) is 4.79 Å². The van der Waals surface area contributed by atoms with Crippen molar-refractivity contribution in [2.45, 2.75) is 46.6 Å². The van der Waals surface area contributed by atoms with E-state index in [0.29, 0.717) is 24.1 Å². The lowest BCUT2D eigenvalue weighted by molar-refractivity contribution is -0.132. The zero-order valence-electron chi connectivity index (χ0n) is 17.2. The molecule has 0 aliphatic carbocycles. The van der Waals surface area contributed by atoms with E-state index < -0.39 is 0 Å². The minimum absolute atomic E-state index is 0.0448. The van der Waals surface area contributed by atoms with Gasteiger partial charge in [0, 0.05) is 23.7 Å². The molecule has 1 atom stereocenters. The first kappa shape index (κ1) is 19.1. The summed E-state index contributed by atoms with van der Waals surface area (Å²) in [5, 5.41) is 7.24. The van der Waals surface area contributed by atoms with Gasteiger partial charge in [0.1, 0.15) is 0 Å². The van der Waals surface area contributed by atoms with Crippen LogP contribution in [0, 0.1) is 20.8 Å². The van der Waals surface area contributed by atoms with Crippen LogP contribution < -0.4 is 5.56 Å². The fraction of sp³-hybridized carbons (Fsp3) is 0.292. The molecule has 29 heavy (non-hydrogen) atoms. The summed E-state index contributed by atoms with van der Waals surface area (Å²) in [6.45, 7) is 7.87. The second-order valence-corrected chi connectivity index (χ2v) is 7.72. The number of carbonyl (C=O) groups excluding carboxylic acids is 1. The fourth-order valence-electron chi connectivity index (χ4n) is 4.20. The van der Waals surface area contributed by atoms with E-state index in [1.807, 2.05) is 70.2 Å². The van der Waals surface area contributed by atoms with Gasteiger partial charge in [0.05, 0.1) is 17.3 Å². The normalized spacial score (nSPS) is 16.3. The number of aryl methyl sites for hydroxylation is 3. The number of hydrazone groups is 1. The zero-order valence-corrected chi connectivity index (χ0v) is 17.2. The average Bonchev–Trinajstić information content (AvgIpc) is 3.12. The van der Waals surface area contributed by atoms with Crippen LogP contribution in [0.25, 0.3) is 10.9 Å². The standard InChI is InChI=1S/C24H25N3O2/c1-5-21(28)27-20(17-11-9-14(2)10-12-17)13-19(26-27)23-16(4)22-15(3)7-6-8-18(22)25-24(23)29/h6-12,20H,5,13H2,1-4H3,(H,25,29). The minimum atomic E-state index is -0.190. The Hall–Kier alpha value is -3.21. The maximum absolute atomic E-state index is 12.9. The molecule has 148 valence electrons. The number of aromatic nitrogens is 1. The fourth-order valence-corrected chi connectivity index (χ4v) is 4.20. The van der Waals surface area contributed by atoms with E-state index in [2.05, 4.69) is 10.1 Å². The van der Waals surface area contributed by atoms with Crippen molar-refractivity contribution in [3.8, 4) is 0 Å². The number of hydrogen-bond acceptors (Lipinski definition) is 3. The van der Waals surface area contributed by atoms with Crippen LogP contribution in [0.4, 0.5) is 0 Å². The first-order valence-corrected chi connectivity index (χ1v) is 9.99. The van der Waals surface area contributed by atoms with Gasteiger partial charge in [0.15, 0.2) is 0 Å². The van der Waals surface area contributed by atoms with Gasteiger partial charge in [-0.1, -0.05) is 48.9 Å². The largest absolute Gasteiger partial charge is 0.321 e. The van der Waals surface area contributed by atoms with Gasteiger partial charge < -0.3 is 4.98 Å². The van der Waals surface area contributed by atoms with E-state index >= 15 is 0 Å². The minimum Gasteiger partial charge on any atom is -0.321 e. The number of H-pyrrole nitrogens is 1. The number of pyridine rings is 1. The molecule has 3 aromatic rings. The molecule has 1 amide bonds. The highest BCUT2D eigenvalue weighted by Crippen LogP contribution is 2.34. The van der Waals surface area contributed by atoms with Crippen molar-refractivity contribution in [3.63, 3.8) is 0 Å². The van der Waals surface area contributed by atoms with Crippen molar-refractivity contribution in [2.75, 3.05) is 0 Å². The Labute approximate surface area is 170 Å². The highest BCUT2D eigenvalue weighted by molar-refractivity contribution is 6.07. The number of rotatable bonds is 3. The molecule has 0 bridgehead atoms. The summed E-state index contributed by atoms with van der Waals surface area (Å²) in [7, 11) is 0. The van der Waals surface area contributed by atoms with Gasteiger partial charge >= 0.3 is 0 Å². The molecule has 1 aromatic heterocycles. The van der Waals surface area contributed by atoms with Gasteiger partial charge in [-0.05, 0) is 43.5 Å². The molecule has 2 aromatic carbocycles. The highest BCUT2D eigenvalue weighted by Gasteiger charge is 2.34. The quantitative estimate of drug-likeness (QED) is 0.717. The van der Waals surface area contributed by atoms with Crippen LogP contribution in [0.5, 0.6) is 0 Å². The molecular weight excluding hydrogens is 362 g/mol. The number of nitrogens with one attached hydrogen (secondary N) is 1. The van der Waals surface area contributed by atoms with E-state index in [1.54, 1.807) is 5.01 Å². The summed E-state index contributed by atoms with van der Waals surface area (Å²) in [5.74, 6) is -0.0448. The molecular formula is C24H25N3O2. The second kappa shape index (κ2) is 7.32. The summed E-state index contributed by atoms with van der Waals surface area (Å²) in [4.78, 5) is 28.6. The van der Waals surface area contributed by atoms with Gasteiger partial charge in [0.2, 0.25) is 5.91 Å². The molecule has 5 nitrogen and oxygen atoms in total. The van der Waals surface area contributed by atoms with Crippen LogP contribution in [0.15, 0.2) is 52.4 Å². The van der Waals surface area contributed by atoms with Crippen molar-refractivity contribution in [2.24, 2.45) is 5.10 Å². The summed E-state index contributed by atoms with van der Waals surface area (Å²) in [6, 6.07) is 13.9. The molecule has 0 spiro atoms. The number of benzene rings is 2. The van der Waals surface area contributed by atoms with Gasteiger partial charge in [0.25, 0.3) is 5.56 Å². The van der Waals surface area contributed by atoms with Gasteiger partial charge in [-0.3, -0.25) is 9.59 Å². The van der Waals surface area contributed by atoms with Crippen molar-refractivity contribution >= 4 is 22.5 Å². The molecule has 0 saturated heterocycles. The summed E-state index contributed by atoms with van der Waals surface area (Å²) < 4.78 is 0. The maximum atomic E-state index is 12.9. The Morgan fingerprint density at radius 2 is 1.86 bits per heavy atom. The molecule has 0 saturated carbocycles. The van der Waals surface area contributed by atoms with E-state index in [9.17, 15) is 9.59 Å². The monoisotopic (exact) mass is 387 g/mol. The van der Waals surface area contributed by atoms with Crippen LogP contribution in [-0.4, -0.2) is 21.6 Å². The van der Waals surface area contributed by atoms with E-state index in [1.165, 1.54) is 5.56 Å². The SMILES string of the molecule is CCC(=O)N1N=C(c2c(C)c3c(C)cccc3[nH]c2=O)CC1c1ccc(C)cc1. The van der Waals surface area contributed by atoms with Gasteiger partial charge in [-0.15, -0.1) is 0 Å². The number of nitrogens with zero attached hydrogens (tertiary/aromatic N) is 2.